The fourth-order valence-corrected chi connectivity index (χ4v) is 132. The first kappa shape index (κ1) is 39.2. The molecule has 2 atom stereocenters. The minimum atomic E-state index is -4.56. The zero-order chi connectivity index (χ0) is 30.3. The van der Waals surface area contributed by atoms with E-state index in [4.69, 9.17) is 8.23 Å². The van der Waals surface area contributed by atoms with Gasteiger partial charge < -0.3 is 53.9 Å². The van der Waals surface area contributed by atoms with Gasteiger partial charge in [-0.3, -0.25) is 0 Å². The molecule has 0 spiro atoms. The van der Waals surface area contributed by atoms with Gasteiger partial charge >= 0.3 is 60.2 Å². The Kier molecular flexibility index (Phi) is 16.7. The van der Waals surface area contributed by atoms with Crippen molar-refractivity contribution < 1.29 is 67.0 Å². The molecular formula is C9H31F3O12Si14. The Labute approximate surface area is 238 Å². The first-order valence-electron chi connectivity index (χ1n) is 11.1. The highest BCUT2D eigenvalue weighted by molar-refractivity contribution is 7.76. The second-order valence-corrected chi connectivity index (χ2v) is 84.1. The lowest BCUT2D eigenvalue weighted by Gasteiger charge is -2.37. The standard InChI is InChI=1S/C9H31F3O12Si14/c1-8(2,3)37(5,7-6-9(10,11)12)36(22)35(21)34(20)33(19)32(18)31(17)30(16)28-23-29(4)38(26-14,27-15)24-25-13/h13-15,29H,6-7,25-28H2,1-5H3. The molecule has 0 aromatic carbocycles. The fourth-order valence-electron chi connectivity index (χ4n) is 3.07. The summed E-state index contributed by atoms with van der Waals surface area (Å²) in [5.41, 5.74) is 0. The second-order valence-electron chi connectivity index (χ2n) is 9.70. The quantitative estimate of drug-likeness (QED) is 0.119. The van der Waals surface area contributed by atoms with Crippen LogP contribution >= 0.6 is 0 Å². The van der Waals surface area contributed by atoms with Crippen LogP contribution in [0.15, 0.2) is 0 Å². The zero-order valence-electron chi connectivity index (χ0n) is 21.5. The van der Waals surface area contributed by atoms with Crippen LogP contribution < -0.4 is 0 Å². The molecule has 2 unspecified atom stereocenters. The minimum absolute atomic E-state index is 0.546. The normalized spacial score (nSPS) is 17.3. The molecule has 0 aliphatic rings. The molecule has 0 radical (unpaired) electrons. The van der Waals surface area contributed by atoms with E-state index < -0.39 is 139 Å². The van der Waals surface area contributed by atoms with E-state index in [-0.39, 0.29) is 0 Å². The third-order valence-electron chi connectivity index (χ3n) is 6.44. The van der Waals surface area contributed by atoms with Gasteiger partial charge in [-0.1, -0.05) is 33.9 Å². The lowest BCUT2D eigenvalue weighted by atomic mass is 10.2. The van der Waals surface area contributed by atoms with Crippen molar-refractivity contribution in [1.29, 1.82) is 0 Å². The Hall–Kier alpha value is 1.23. The van der Waals surface area contributed by atoms with E-state index in [1.807, 2.05) is 0 Å². The molecule has 29 heteroatoms. The Morgan fingerprint density at radius 1 is 0.842 bits per heavy atom. The van der Waals surface area contributed by atoms with Crippen molar-refractivity contribution in [2.75, 3.05) is 0 Å². The molecule has 0 saturated heterocycles. The number of rotatable bonds is 17. The van der Waals surface area contributed by atoms with Gasteiger partial charge in [0.15, 0.2) is 27.1 Å². The molecule has 0 aliphatic carbocycles. The van der Waals surface area contributed by atoms with Gasteiger partial charge in [0, 0.05) is 6.42 Å². The summed E-state index contributed by atoms with van der Waals surface area (Å²) >= 11 is 0. The fraction of sp³-hybridized carbons (Fsp3) is 1.00. The van der Waals surface area contributed by atoms with Crippen LogP contribution in [-0.4, -0.2) is 135 Å². The molecule has 0 aliphatic heterocycles. The van der Waals surface area contributed by atoms with Gasteiger partial charge in [-0.15, -0.1) is 0 Å². The molecule has 0 rings (SSSR count). The smallest absolute Gasteiger partial charge is 0.388 e. The van der Waals surface area contributed by atoms with Crippen molar-refractivity contribution in [2.45, 2.75) is 57.5 Å². The van der Waals surface area contributed by atoms with E-state index in [2.05, 4.69) is 0 Å². The van der Waals surface area contributed by atoms with Crippen LogP contribution in [0.2, 0.25) is 24.2 Å². The number of halogens is 3. The maximum Gasteiger partial charge on any atom is 0.388 e. The van der Waals surface area contributed by atoms with Crippen LogP contribution in [0, 0.1) is 0 Å². The molecule has 0 aromatic rings. The minimum Gasteiger partial charge on any atom is -0.460 e. The summed E-state index contributed by atoms with van der Waals surface area (Å²) in [4.78, 5) is 28.7. The summed E-state index contributed by atoms with van der Waals surface area (Å²) in [6.07, 6.45) is -5.84. The van der Waals surface area contributed by atoms with E-state index in [1.165, 1.54) is 6.55 Å². The predicted molar refractivity (Wildman–Crippen MR) is 154 cm³/mol. The van der Waals surface area contributed by atoms with Crippen molar-refractivity contribution in [1.82, 2.24) is 0 Å². The molecule has 216 valence electrons. The summed E-state index contributed by atoms with van der Waals surface area (Å²) < 4.78 is 139. The van der Waals surface area contributed by atoms with Crippen molar-refractivity contribution >= 4 is 115 Å². The van der Waals surface area contributed by atoms with Gasteiger partial charge in [0.05, 0.1) is 0 Å². The summed E-state index contributed by atoms with van der Waals surface area (Å²) in [7, 11) is -39.0. The molecule has 0 saturated carbocycles. The van der Waals surface area contributed by atoms with Gasteiger partial charge in [-0.05, 0) is 11.1 Å². The maximum atomic E-state index is 13.2. The molecule has 0 aromatic heterocycles. The van der Waals surface area contributed by atoms with Crippen LogP contribution in [0.25, 0.3) is 0 Å². The summed E-state index contributed by atoms with van der Waals surface area (Å²) in [6.45, 7) is 4.62. The Morgan fingerprint density at radius 3 is 1.68 bits per heavy atom. The van der Waals surface area contributed by atoms with Gasteiger partial charge in [0.25, 0.3) is 10.0 Å². The molecule has 3 N–H and O–H groups in total. The van der Waals surface area contributed by atoms with Gasteiger partial charge in [0.1, 0.15) is 7.59 Å². The SMILES string of the molecule is C[SiH](O[SiH2][Si](=O)[Si](=O)[Si](=O)[Si](=O)[Si](=O)[Si](=O)[Si](=O)[Si](C)(CCC(F)(F)F)C(C)(C)C)[Si](O[SiH2]O)([SiH2]O)[SiH2]O. The van der Waals surface area contributed by atoms with Crippen molar-refractivity contribution in [3.05, 3.63) is 0 Å². The first-order chi connectivity index (χ1) is 17.2. The molecule has 0 amide bonds. The van der Waals surface area contributed by atoms with Crippen LogP contribution in [0.5, 0.6) is 0 Å². The average Bonchev–Trinajstić information content (AvgIpc) is 2.84. The highest BCUT2D eigenvalue weighted by Crippen LogP contribution is 2.41. The highest BCUT2D eigenvalue weighted by atomic mass is 30.0. The number of alkyl halides is 3. The van der Waals surface area contributed by atoms with Gasteiger partial charge in [0.2, 0.25) is 16.2 Å². The van der Waals surface area contributed by atoms with Crippen molar-refractivity contribution in [2.24, 2.45) is 0 Å². The number of hydrogen-bond acceptors (Lipinski definition) is 12. The van der Waals surface area contributed by atoms with Crippen LogP contribution in [0.3, 0.4) is 0 Å². The van der Waals surface area contributed by atoms with Gasteiger partial charge in [-0.2, -0.15) is 13.2 Å². The molecule has 0 fully saturated rings. The topological polar surface area (TPSA) is 199 Å². The Bertz CT molecular complexity index is 982. The third kappa shape index (κ3) is 10.5. The zero-order valence-corrected chi connectivity index (χ0v) is 37.3. The Balaban J connectivity index is 5.59. The summed E-state index contributed by atoms with van der Waals surface area (Å²) in [5.74, 6) is 0. The van der Waals surface area contributed by atoms with Gasteiger partial charge in [-0.25, -0.2) is 0 Å². The lowest BCUT2D eigenvalue weighted by molar-refractivity contribution is -0.130. The lowest BCUT2D eigenvalue weighted by Crippen LogP contribution is -2.66. The molecular weight excluding hydrogens is 750 g/mol. The summed E-state index contributed by atoms with van der Waals surface area (Å²) in [5, 5.41) is -0.935. The predicted octanol–water partition coefficient (Wildman–Crippen LogP) is -5.55. The first-order valence-corrected chi connectivity index (χ1v) is 46.0. The second kappa shape index (κ2) is 16.2. The largest absolute Gasteiger partial charge is 0.460 e. The van der Waals surface area contributed by atoms with E-state index >= 15 is 0 Å². The molecule has 12 nitrogen and oxygen atoms in total. The molecule has 38 heavy (non-hydrogen) atoms. The monoisotopic (exact) mass is 780 g/mol. The average molecular weight is 782 g/mol. The van der Waals surface area contributed by atoms with Crippen LogP contribution in [0.1, 0.15) is 27.2 Å². The van der Waals surface area contributed by atoms with Crippen molar-refractivity contribution in [3.63, 3.8) is 0 Å². The Morgan fingerprint density at radius 2 is 1.29 bits per heavy atom. The van der Waals surface area contributed by atoms with E-state index in [0.717, 1.165) is 0 Å². The number of hydrogen-bond donors (Lipinski definition) is 3. The van der Waals surface area contributed by atoms with E-state index in [0.29, 0.717) is 0 Å². The van der Waals surface area contributed by atoms with E-state index in [1.54, 1.807) is 27.3 Å². The maximum absolute atomic E-state index is 13.2. The van der Waals surface area contributed by atoms with Crippen molar-refractivity contribution in [3.8, 4) is 0 Å². The molecule has 0 bridgehead atoms. The summed E-state index contributed by atoms with van der Waals surface area (Å²) in [6, 6.07) is -0.546. The molecule has 0 heterocycles. The highest BCUT2D eigenvalue weighted by Gasteiger charge is 2.56. The van der Waals surface area contributed by atoms with E-state index in [9.17, 15) is 58.8 Å². The van der Waals surface area contributed by atoms with Crippen LogP contribution in [0.4, 0.5) is 13.2 Å². The third-order valence-corrected chi connectivity index (χ3v) is 117. The van der Waals surface area contributed by atoms with Crippen LogP contribution in [-0.2, 0) is 39.5 Å².